The minimum atomic E-state index is 0.0770. The van der Waals surface area contributed by atoms with Crippen LogP contribution in [0.4, 0.5) is 0 Å². The van der Waals surface area contributed by atoms with Gasteiger partial charge in [0.1, 0.15) is 12.4 Å². The summed E-state index contributed by atoms with van der Waals surface area (Å²) in [6.07, 6.45) is 0. The molecule has 0 saturated heterocycles. The molecule has 0 fully saturated rings. The molecule has 0 spiro atoms. The number of aryl methyl sites for hydroxylation is 2. The first kappa shape index (κ1) is 14.0. The lowest BCUT2D eigenvalue weighted by molar-refractivity contribution is 0.279. The predicted molar refractivity (Wildman–Crippen MR) is 82.0 cm³/mol. The monoisotopic (exact) mass is 274 g/mol. The molecule has 2 aromatic carbocycles. The molecule has 2 nitrogen and oxygen atoms in total. The van der Waals surface area contributed by atoms with Gasteiger partial charge in [0.25, 0.3) is 0 Å². The zero-order valence-electron chi connectivity index (χ0n) is 11.3. The Balaban J connectivity index is 2.09. The maximum absolute atomic E-state index is 9.28. The molecule has 100 valence electrons. The maximum atomic E-state index is 9.28. The molecule has 0 aliphatic rings. The van der Waals surface area contributed by atoms with Crippen molar-refractivity contribution in [1.29, 1.82) is 0 Å². The fraction of sp³-hybridized carbons (Fsp3) is 0.250. The van der Waals surface area contributed by atoms with Crippen LogP contribution in [0, 0.1) is 13.8 Å². The molecule has 0 aliphatic carbocycles. The number of aliphatic hydroxyl groups is 1. The number of rotatable bonds is 4. The summed E-state index contributed by atoms with van der Waals surface area (Å²) in [4.78, 5) is 0. The second kappa shape index (κ2) is 6.18. The SMILES string of the molecule is Cc1cc(OCc2ccc(P)cc2)cc(C)c1CO. The van der Waals surface area contributed by atoms with E-state index in [1.54, 1.807) is 0 Å². The lowest BCUT2D eigenvalue weighted by Crippen LogP contribution is -2.00. The van der Waals surface area contributed by atoms with E-state index in [1.165, 1.54) is 5.30 Å². The molecule has 0 radical (unpaired) electrons. The van der Waals surface area contributed by atoms with E-state index in [0.29, 0.717) is 6.61 Å². The molecular weight excluding hydrogens is 255 g/mol. The standard InChI is InChI=1S/C16H19O2P/c1-11-7-14(8-12(2)16(11)9-17)18-10-13-3-5-15(19)6-4-13/h3-8,17H,9-10,19H2,1-2H3. The first-order chi connectivity index (χ1) is 9.10. The van der Waals surface area contributed by atoms with E-state index in [4.69, 9.17) is 4.74 Å². The highest BCUT2D eigenvalue weighted by Crippen LogP contribution is 2.22. The van der Waals surface area contributed by atoms with Gasteiger partial charge in [-0.1, -0.05) is 24.3 Å². The van der Waals surface area contributed by atoms with Gasteiger partial charge in [-0.2, -0.15) is 0 Å². The summed E-state index contributed by atoms with van der Waals surface area (Å²) in [6.45, 7) is 4.62. The molecule has 2 aromatic rings. The Morgan fingerprint density at radius 3 is 2.16 bits per heavy atom. The first-order valence-electron chi connectivity index (χ1n) is 6.28. The van der Waals surface area contributed by atoms with Gasteiger partial charge in [0, 0.05) is 0 Å². The van der Waals surface area contributed by atoms with Crippen LogP contribution in [-0.4, -0.2) is 5.11 Å². The van der Waals surface area contributed by atoms with Gasteiger partial charge < -0.3 is 9.84 Å². The number of hydrogen-bond donors (Lipinski definition) is 1. The van der Waals surface area contributed by atoms with Crippen molar-refractivity contribution < 1.29 is 9.84 Å². The van der Waals surface area contributed by atoms with E-state index in [9.17, 15) is 5.11 Å². The van der Waals surface area contributed by atoms with Crippen LogP contribution in [0.5, 0.6) is 5.75 Å². The van der Waals surface area contributed by atoms with Crippen molar-refractivity contribution in [3.63, 3.8) is 0 Å². The Morgan fingerprint density at radius 2 is 1.63 bits per heavy atom. The molecule has 1 N–H and O–H groups in total. The average Bonchev–Trinajstić information content (AvgIpc) is 2.38. The molecule has 0 heterocycles. The molecular formula is C16H19O2P. The van der Waals surface area contributed by atoms with Gasteiger partial charge >= 0.3 is 0 Å². The molecule has 0 bridgehead atoms. The van der Waals surface area contributed by atoms with Crippen LogP contribution in [0.3, 0.4) is 0 Å². The van der Waals surface area contributed by atoms with Crippen molar-refractivity contribution in [3.8, 4) is 5.75 Å². The molecule has 1 atom stereocenters. The third kappa shape index (κ3) is 3.56. The summed E-state index contributed by atoms with van der Waals surface area (Å²) < 4.78 is 5.80. The molecule has 1 unspecified atom stereocenters. The highest BCUT2D eigenvalue weighted by molar-refractivity contribution is 7.27. The van der Waals surface area contributed by atoms with Gasteiger partial charge in [0.2, 0.25) is 0 Å². The summed E-state index contributed by atoms with van der Waals surface area (Å²) in [5.74, 6) is 0.849. The van der Waals surface area contributed by atoms with Gasteiger partial charge in [0.15, 0.2) is 0 Å². The fourth-order valence-electron chi connectivity index (χ4n) is 2.07. The van der Waals surface area contributed by atoms with Crippen molar-refractivity contribution in [3.05, 3.63) is 58.7 Å². The Bertz CT molecular complexity index is 538. The van der Waals surface area contributed by atoms with Crippen molar-refractivity contribution >= 4 is 14.5 Å². The molecule has 19 heavy (non-hydrogen) atoms. The maximum Gasteiger partial charge on any atom is 0.120 e. The molecule has 0 amide bonds. The largest absolute Gasteiger partial charge is 0.489 e. The third-order valence-electron chi connectivity index (χ3n) is 3.21. The summed E-state index contributed by atoms with van der Waals surface area (Å²) in [6, 6.07) is 12.2. The fourth-order valence-corrected chi connectivity index (χ4v) is 2.26. The van der Waals surface area contributed by atoms with Crippen molar-refractivity contribution in [2.75, 3.05) is 0 Å². The van der Waals surface area contributed by atoms with Gasteiger partial charge in [-0.05, 0) is 53.5 Å². The van der Waals surface area contributed by atoms with Crippen molar-refractivity contribution in [1.82, 2.24) is 0 Å². The lowest BCUT2D eigenvalue weighted by Gasteiger charge is -2.12. The molecule has 0 saturated carbocycles. The summed E-state index contributed by atoms with van der Waals surface area (Å²) >= 11 is 0. The van der Waals surface area contributed by atoms with E-state index in [2.05, 4.69) is 33.5 Å². The molecule has 0 aromatic heterocycles. The quantitative estimate of drug-likeness (QED) is 0.869. The van der Waals surface area contributed by atoms with Crippen LogP contribution in [0.2, 0.25) is 0 Å². The number of aliphatic hydroxyl groups excluding tert-OH is 1. The second-order valence-corrected chi connectivity index (χ2v) is 5.39. The summed E-state index contributed by atoms with van der Waals surface area (Å²) in [5, 5.41) is 10.5. The zero-order valence-corrected chi connectivity index (χ0v) is 12.5. The second-order valence-electron chi connectivity index (χ2n) is 4.72. The number of hydrogen-bond acceptors (Lipinski definition) is 2. The summed E-state index contributed by atoms with van der Waals surface area (Å²) in [7, 11) is 2.67. The Morgan fingerprint density at radius 1 is 1.05 bits per heavy atom. The molecule has 3 heteroatoms. The van der Waals surface area contributed by atoms with E-state index < -0.39 is 0 Å². The van der Waals surface area contributed by atoms with E-state index in [1.807, 2.05) is 26.0 Å². The van der Waals surface area contributed by atoms with Gasteiger partial charge in [0.05, 0.1) is 6.61 Å². The highest BCUT2D eigenvalue weighted by Gasteiger charge is 2.05. The van der Waals surface area contributed by atoms with Crippen LogP contribution < -0.4 is 10.0 Å². The molecule has 2 rings (SSSR count). The van der Waals surface area contributed by atoms with Gasteiger partial charge in [-0.15, -0.1) is 9.24 Å². The zero-order chi connectivity index (χ0) is 13.8. The highest BCUT2D eigenvalue weighted by atomic mass is 31.0. The predicted octanol–water partition coefficient (Wildman–Crippen LogP) is 2.88. The Hall–Kier alpha value is -1.37. The van der Waals surface area contributed by atoms with Crippen LogP contribution in [-0.2, 0) is 13.2 Å². The van der Waals surface area contributed by atoms with Crippen molar-refractivity contribution in [2.24, 2.45) is 0 Å². The Kier molecular flexibility index (Phi) is 4.57. The van der Waals surface area contributed by atoms with Gasteiger partial charge in [-0.25, -0.2) is 0 Å². The first-order valence-corrected chi connectivity index (χ1v) is 6.86. The normalized spacial score (nSPS) is 10.5. The lowest BCUT2D eigenvalue weighted by atomic mass is 10.0. The minimum Gasteiger partial charge on any atom is -0.489 e. The van der Waals surface area contributed by atoms with Crippen LogP contribution >= 0.6 is 9.24 Å². The summed E-state index contributed by atoms with van der Waals surface area (Å²) in [5.41, 5.74) is 4.27. The van der Waals surface area contributed by atoms with Crippen LogP contribution in [0.15, 0.2) is 36.4 Å². The van der Waals surface area contributed by atoms with E-state index in [0.717, 1.165) is 28.0 Å². The number of benzene rings is 2. The average molecular weight is 274 g/mol. The van der Waals surface area contributed by atoms with Crippen molar-refractivity contribution in [2.45, 2.75) is 27.1 Å². The van der Waals surface area contributed by atoms with Crippen LogP contribution in [0.1, 0.15) is 22.3 Å². The Labute approximate surface area is 116 Å². The number of ether oxygens (including phenoxy) is 1. The van der Waals surface area contributed by atoms with E-state index >= 15 is 0 Å². The van der Waals surface area contributed by atoms with Gasteiger partial charge in [-0.3, -0.25) is 0 Å². The minimum absolute atomic E-state index is 0.0770. The van der Waals surface area contributed by atoms with Crippen LogP contribution in [0.25, 0.3) is 0 Å². The smallest absolute Gasteiger partial charge is 0.120 e. The topological polar surface area (TPSA) is 29.5 Å². The molecule has 0 aliphatic heterocycles. The third-order valence-corrected chi connectivity index (χ3v) is 3.60. The van der Waals surface area contributed by atoms with E-state index in [-0.39, 0.29) is 6.61 Å².